The van der Waals surface area contributed by atoms with Crippen LogP contribution in [0.15, 0.2) is 54.1 Å². The fourth-order valence-corrected chi connectivity index (χ4v) is 2.30. The van der Waals surface area contributed by atoms with E-state index in [0.29, 0.717) is 23.7 Å². The van der Waals surface area contributed by atoms with Crippen LogP contribution in [0.5, 0.6) is 11.5 Å². The second-order valence-electron chi connectivity index (χ2n) is 4.64. The van der Waals surface area contributed by atoms with E-state index in [1.165, 1.54) is 0 Å². The summed E-state index contributed by atoms with van der Waals surface area (Å²) in [6.45, 7) is 2.38. The van der Waals surface area contributed by atoms with Gasteiger partial charge in [-0.3, -0.25) is 0 Å². The molecule has 0 aromatic heterocycles. The summed E-state index contributed by atoms with van der Waals surface area (Å²) in [4.78, 5) is 0. The lowest BCUT2D eigenvalue weighted by atomic mass is 9.93. The van der Waals surface area contributed by atoms with Crippen LogP contribution < -0.4 is 9.47 Å². The van der Waals surface area contributed by atoms with Crippen LogP contribution in [-0.2, 0) is 0 Å². The Balaban J connectivity index is 2.67. The predicted molar refractivity (Wildman–Crippen MR) is 87.9 cm³/mol. The number of rotatable bonds is 5. The Morgan fingerprint density at radius 1 is 0.957 bits per heavy atom. The van der Waals surface area contributed by atoms with Gasteiger partial charge < -0.3 is 9.47 Å². The molecule has 0 fully saturated rings. The van der Waals surface area contributed by atoms with E-state index in [1.54, 1.807) is 19.2 Å². The molecule has 2 aromatic carbocycles. The van der Waals surface area contributed by atoms with Crippen LogP contribution >= 0.6 is 0 Å². The SMILES string of the molecule is CCOc1cc(C(=C(C#N)C#N)c2ccccc2)ccc1OC. The summed E-state index contributed by atoms with van der Waals surface area (Å²) in [7, 11) is 1.57. The van der Waals surface area contributed by atoms with Crippen molar-refractivity contribution >= 4 is 5.57 Å². The molecule has 0 aliphatic heterocycles. The molecule has 2 aromatic rings. The van der Waals surface area contributed by atoms with Gasteiger partial charge in [0.15, 0.2) is 11.5 Å². The van der Waals surface area contributed by atoms with Gasteiger partial charge in [0.05, 0.1) is 13.7 Å². The van der Waals surface area contributed by atoms with E-state index in [1.807, 2.05) is 55.5 Å². The summed E-state index contributed by atoms with van der Waals surface area (Å²) >= 11 is 0. The van der Waals surface area contributed by atoms with Crippen molar-refractivity contribution in [2.45, 2.75) is 6.92 Å². The first kappa shape index (κ1) is 16.1. The van der Waals surface area contributed by atoms with Crippen molar-refractivity contribution in [3.63, 3.8) is 0 Å². The molecule has 0 saturated heterocycles. The highest BCUT2D eigenvalue weighted by Crippen LogP contribution is 2.34. The van der Waals surface area contributed by atoms with Gasteiger partial charge in [0, 0.05) is 5.57 Å². The highest BCUT2D eigenvalue weighted by atomic mass is 16.5. The van der Waals surface area contributed by atoms with E-state index < -0.39 is 0 Å². The number of methoxy groups -OCH3 is 1. The molecule has 0 atom stereocenters. The molecule has 4 heteroatoms. The van der Waals surface area contributed by atoms with Crippen LogP contribution in [0.4, 0.5) is 0 Å². The first-order chi connectivity index (χ1) is 11.2. The molecular weight excluding hydrogens is 288 g/mol. The molecule has 0 N–H and O–H groups in total. The van der Waals surface area contributed by atoms with Crippen molar-refractivity contribution < 1.29 is 9.47 Å². The minimum absolute atomic E-state index is 0.0591. The fourth-order valence-electron chi connectivity index (χ4n) is 2.30. The van der Waals surface area contributed by atoms with Crippen molar-refractivity contribution in [3.05, 3.63) is 65.2 Å². The molecule has 0 aliphatic carbocycles. The average Bonchev–Trinajstić information content (AvgIpc) is 2.60. The highest BCUT2D eigenvalue weighted by Gasteiger charge is 2.14. The van der Waals surface area contributed by atoms with Gasteiger partial charge in [-0.1, -0.05) is 36.4 Å². The number of allylic oxidation sites excluding steroid dienone is 1. The smallest absolute Gasteiger partial charge is 0.161 e. The van der Waals surface area contributed by atoms with Gasteiger partial charge in [-0.2, -0.15) is 10.5 Å². The molecule has 0 radical (unpaired) electrons. The summed E-state index contributed by atoms with van der Waals surface area (Å²) in [5.41, 5.74) is 2.18. The van der Waals surface area contributed by atoms with Gasteiger partial charge in [0.25, 0.3) is 0 Å². The zero-order chi connectivity index (χ0) is 16.7. The van der Waals surface area contributed by atoms with Gasteiger partial charge in [-0.05, 0) is 30.2 Å². The van der Waals surface area contributed by atoms with Crippen LogP contribution in [0.2, 0.25) is 0 Å². The summed E-state index contributed by atoms with van der Waals surface area (Å²) in [5, 5.41) is 18.6. The topological polar surface area (TPSA) is 66.0 Å². The first-order valence-electron chi connectivity index (χ1n) is 7.16. The number of hydrogen-bond donors (Lipinski definition) is 0. The van der Waals surface area contributed by atoms with Gasteiger partial charge in [0.1, 0.15) is 17.7 Å². The summed E-state index contributed by atoms with van der Waals surface area (Å²) in [5.74, 6) is 1.19. The standard InChI is InChI=1S/C19H16N2O2/c1-3-23-18-11-15(9-10-17(18)22-2)19(16(12-20)13-21)14-7-5-4-6-8-14/h4-11H,3H2,1-2H3. The van der Waals surface area contributed by atoms with E-state index in [9.17, 15) is 10.5 Å². The van der Waals surface area contributed by atoms with Crippen molar-refractivity contribution in [2.75, 3.05) is 13.7 Å². The highest BCUT2D eigenvalue weighted by molar-refractivity contribution is 5.87. The van der Waals surface area contributed by atoms with E-state index in [4.69, 9.17) is 9.47 Å². The van der Waals surface area contributed by atoms with Gasteiger partial charge in [0.2, 0.25) is 0 Å². The molecule has 0 spiro atoms. The normalized spacial score (nSPS) is 9.39. The van der Waals surface area contributed by atoms with Crippen molar-refractivity contribution in [2.24, 2.45) is 0 Å². The molecule has 0 amide bonds. The van der Waals surface area contributed by atoms with Crippen LogP contribution in [-0.4, -0.2) is 13.7 Å². The molecule has 0 aliphatic rings. The Kier molecular flexibility index (Phi) is 5.39. The maximum Gasteiger partial charge on any atom is 0.161 e. The minimum Gasteiger partial charge on any atom is -0.493 e. The van der Waals surface area contributed by atoms with E-state index in [2.05, 4.69) is 0 Å². The van der Waals surface area contributed by atoms with Crippen LogP contribution in [0.3, 0.4) is 0 Å². The third kappa shape index (κ3) is 3.51. The molecule has 2 rings (SSSR count). The Bertz CT molecular complexity index is 780. The van der Waals surface area contributed by atoms with Gasteiger partial charge >= 0.3 is 0 Å². The van der Waals surface area contributed by atoms with Crippen LogP contribution in [0.1, 0.15) is 18.1 Å². The van der Waals surface area contributed by atoms with E-state index in [-0.39, 0.29) is 5.57 Å². The van der Waals surface area contributed by atoms with Gasteiger partial charge in [-0.15, -0.1) is 0 Å². The zero-order valence-electron chi connectivity index (χ0n) is 13.0. The molecule has 4 nitrogen and oxygen atoms in total. The summed E-state index contributed by atoms with van der Waals surface area (Å²) in [6, 6.07) is 18.7. The maximum absolute atomic E-state index is 9.31. The van der Waals surface area contributed by atoms with Crippen LogP contribution in [0, 0.1) is 22.7 Å². The average molecular weight is 304 g/mol. The molecule has 0 heterocycles. The molecule has 0 bridgehead atoms. The largest absolute Gasteiger partial charge is 0.493 e. The third-order valence-electron chi connectivity index (χ3n) is 3.29. The Hall–Kier alpha value is -3.24. The lowest BCUT2D eigenvalue weighted by Gasteiger charge is -2.13. The number of benzene rings is 2. The number of ether oxygens (including phenoxy) is 2. The molecule has 23 heavy (non-hydrogen) atoms. The molecule has 114 valence electrons. The number of nitrogens with zero attached hydrogens (tertiary/aromatic N) is 2. The van der Waals surface area contributed by atoms with Gasteiger partial charge in [-0.25, -0.2) is 0 Å². The predicted octanol–water partition coefficient (Wildman–Crippen LogP) is 3.94. The van der Waals surface area contributed by atoms with Crippen molar-refractivity contribution in [1.82, 2.24) is 0 Å². The fraction of sp³-hybridized carbons (Fsp3) is 0.158. The Morgan fingerprint density at radius 2 is 1.65 bits per heavy atom. The first-order valence-corrected chi connectivity index (χ1v) is 7.16. The molecular formula is C19H16N2O2. The quantitative estimate of drug-likeness (QED) is 0.785. The van der Waals surface area contributed by atoms with Crippen molar-refractivity contribution in [1.29, 1.82) is 10.5 Å². The third-order valence-corrected chi connectivity index (χ3v) is 3.29. The van der Waals surface area contributed by atoms with Crippen LogP contribution in [0.25, 0.3) is 5.57 Å². The lowest BCUT2D eigenvalue weighted by Crippen LogP contribution is -1.98. The Morgan fingerprint density at radius 3 is 2.22 bits per heavy atom. The van der Waals surface area contributed by atoms with E-state index >= 15 is 0 Å². The summed E-state index contributed by atoms with van der Waals surface area (Å²) < 4.78 is 10.9. The minimum atomic E-state index is 0.0591. The van der Waals surface area contributed by atoms with E-state index in [0.717, 1.165) is 11.1 Å². The second kappa shape index (κ2) is 7.68. The Labute approximate surface area is 135 Å². The zero-order valence-corrected chi connectivity index (χ0v) is 13.0. The number of nitriles is 2. The van der Waals surface area contributed by atoms with Crippen molar-refractivity contribution in [3.8, 4) is 23.6 Å². The second-order valence-corrected chi connectivity index (χ2v) is 4.64. The lowest BCUT2D eigenvalue weighted by molar-refractivity contribution is 0.311. The molecule has 0 saturated carbocycles. The maximum atomic E-state index is 9.31. The monoisotopic (exact) mass is 304 g/mol. The molecule has 0 unspecified atom stereocenters. The summed E-state index contributed by atoms with van der Waals surface area (Å²) in [6.07, 6.45) is 0. The number of hydrogen-bond acceptors (Lipinski definition) is 4.